The fraction of sp³-hybridized carbons (Fsp3) is 0.667. The first-order chi connectivity index (χ1) is 3.18. The quantitative estimate of drug-likeness (QED) is 0.444. The van der Waals surface area contributed by atoms with Crippen LogP contribution in [0.1, 0.15) is 0 Å². The molecule has 1 atom stereocenters. The second-order valence-corrected chi connectivity index (χ2v) is 1.13. The van der Waals surface area contributed by atoms with Crippen LogP contribution in [-0.4, -0.2) is 50.7 Å². The summed E-state index contributed by atoms with van der Waals surface area (Å²) in [6.45, 7) is -0.505. The molecule has 9 N–H and O–H groups in total. The van der Waals surface area contributed by atoms with E-state index >= 15 is 0 Å². The molecule has 8 nitrogen and oxygen atoms in total. The predicted molar refractivity (Wildman–Crippen MR) is 32.1 cm³/mol. The maximum absolute atomic E-state index is 9.65. The van der Waals surface area contributed by atoms with Crippen molar-refractivity contribution < 1.29 is 55.5 Å². The summed E-state index contributed by atoms with van der Waals surface area (Å²) < 4.78 is 0. The Hall–Kier alpha value is -0.186. The molecule has 0 fully saturated rings. The molecule has 0 rings (SSSR count). The Labute approximate surface area is 80.5 Å². The maximum atomic E-state index is 9.65. The molecule has 0 aromatic heterocycles. The van der Waals surface area contributed by atoms with Crippen LogP contribution in [0.2, 0.25) is 0 Å². The van der Waals surface area contributed by atoms with Crippen molar-refractivity contribution in [1.82, 2.24) is 0 Å². The summed E-state index contributed by atoms with van der Waals surface area (Å²) in [5.41, 5.74) is 4.77. The van der Waals surface area contributed by atoms with Gasteiger partial charge >= 0.3 is 5.97 Å². The van der Waals surface area contributed by atoms with Gasteiger partial charge in [0.1, 0.15) is 6.04 Å². The smallest absolute Gasteiger partial charge is 0.322 e. The van der Waals surface area contributed by atoms with Gasteiger partial charge in [-0.15, -0.1) is 0 Å². The molecule has 0 amide bonds. The van der Waals surface area contributed by atoms with Crippen LogP contribution >= 0.6 is 0 Å². The number of hydrogen-bond acceptors (Lipinski definition) is 6. The number of rotatable bonds is 2. The Morgan fingerprint density at radius 2 is 1.58 bits per heavy atom. The number of aliphatic carboxylic acids is 1. The molecule has 0 saturated carbocycles. The van der Waals surface area contributed by atoms with Crippen molar-refractivity contribution in [3.8, 4) is 0 Å². The van der Waals surface area contributed by atoms with Crippen LogP contribution in [0.3, 0.4) is 0 Å². The molecule has 12 heavy (non-hydrogen) atoms. The zero-order valence-corrected chi connectivity index (χ0v) is 7.35. The van der Waals surface area contributed by atoms with E-state index in [1.807, 2.05) is 0 Å². The van der Waals surface area contributed by atoms with Crippen molar-refractivity contribution in [2.24, 2.45) is 5.73 Å². The van der Waals surface area contributed by atoms with Gasteiger partial charge in [0.25, 0.3) is 0 Å². The minimum absolute atomic E-state index is 0. The second kappa shape index (κ2) is 22.4. The zero-order valence-electron chi connectivity index (χ0n) is 5.95. The van der Waals surface area contributed by atoms with E-state index in [0.717, 1.165) is 0 Å². The maximum Gasteiger partial charge on any atom is 0.322 e. The van der Waals surface area contributed by atoms with Crippen LogP contribution in [0.25, 0.3) is 0 Å². The minimum atomic E-state index is -1.18. The van der Waals surface area contributed by atoms with Crippen LogP contribution in [0.15, 0.2) is 0 Å². The van der Waals surface area contributed by atoms with Crippen LogP contribution in [0, 0.1) is 0 Å². The van der Waals surface area contributed by atoms with Crippen molar-refractivity contribution in [2.45, 2.75) is 6.04 Å². The minimum Gasteiger partial charge on any atom is -0.870 e. The van der Waals surface area contributed by atoms with Gasteiger partial charge in [0, 0.05) is 18.6 Å². The third-order valence-corrected chi connectivity index (χ3v) is 0.514. The van der Waals surface area contributed by atoms with Crippen molar-refractivity contribution in [2.75, 3.05) is 6.61 Å². The zero-order chi connectivity index (χ0) is 5.86. The SMILES string of the molecule is NC(CO)C(=O)O.O.[OH-].[OH-].[OH-].[V]. The van der Waals surface area contributed by atoms with Crippen molar-refractivity contribution in [3.05, 3.63) is 0 Å². The van der Waals surface area contributed by atoms with E-state index in [1.165, 1.54) is 0 Å². The fourth-order valence-corrected chi connectivity index (χ4v) is 0.0781. The van der Waals surface area contributed by atoms with Gasteiger partial charge in [-0.2, -0.15) is 0 Å². The van der Waals surface area contributed by atoms with Crippen molar-refractivity contribution in [1.29, 1.82) is 0 Å². The van der Waals surface area contributed by atoms with Gasteiger partial charge in [0.2, 0.25) is 0 Å². The largest absolute Gasteiger partial charge is 0.870 e. The number of nitrogens with two attached hydrogens (primary N) is 1. The van der Waals surface area contributed by atoms with E-state index in [-0.39, 0.29) is 40.5 Å². The second-order valence-electron chi connectivity index (χ2n) is 1.13. The molecule has 0 spiro atoms. The summed E-state index contributed by atoms with van der Waals surface area (Å²) in [5, 5.41) is 15.9. The van der Waals surface area contributed by atoms with Gasteiger partial charge in [-0.3, -0.25) is 4.79 Å². The molecule has 0 aliphatic rings. The first-order valence-corrected chi connectivity index (χ1v) is 1.77. The standard InChI is InChI=1S/C3H7NO3.4H2O.V/c4-2(1-5)3(6)7;;;;;/h2,5H,1,4H2,(H,6,7);4*1H2;/p-3. The molecule has 0 aromatic carbocycles. The van der Waals surface area contributed by atoms with Gasteiger partial charge in [0.05, 0.1) is 6.61 Å². The van der Waals surface area contributed by atoms with E-state index in [0.29, 0.717) is 0 Å². The molecule has 0 aliphatic carbocycles. The van der Waals surface area contributed by atoms with Crippen molar-refractivity contribution >= 4 is 5.97 Å². The van der Waals surface area contributed by atoms with E-state index in [1.54, 1.807) is 0 Å². The topological polar surface area (TPSA) is 205 Å². The van der Waals surface area contributed by atoms with Crippen molar-refractivity contribution in [3.63, 3.8) is 0 Å². The van der Waals surface area contributed by atoms with Crippen LogP contribution in [0.4, 0.5) is 0 Å². The number of carboxylic acids is 1. The molecule has 0 aromatic rings. The predicted octanol–water partition coefficient (Wildman–Crippen LogP) is -2.97. The molecule has 1 radical (unpaired) electrons. The fourth-order valence-electron chi connectivity index (χ4n) is 0.0781. The Morgan fingerprint density at radius 1 is 1.33 bits per heavy atom. The number of aliphatic hydroxyl groups excluding tert-OH is 1. The Kier molecular flexibility index (Phi) is 76.4. The summed E-state index contributed by atoms with van der Waals surface area (Å²) in [4.78, 5) is 9.65. The van der Waals surface area contributed by atoms with Gasteiger partial charge < -0.3 is 37.9 Å². The summed E-state index contributed by atoms with van der Waals surface area (Å²) in [6.07, 6.45) is 0. The summed E-state index contributed by atoms with van der Waals surface area (Å²) in [6, 6.07) is -1.13. The number of hydrogen-bond donors (Lipinski definition) is 3. The number of aliphatic hydroxyl groups is 1. The molecular weight excluding hydrogens is 213 g/mol. The average molecular weight is 225 g/mol. The molecular formula is C3H12NO7V-3. The molecule has 0 heterocycles. The summed E-state index contributed by atoms with van der Waals surface area (Å²) in [5.74, 6) is -1.18. The molecule has 0 saturated heterocycles. The van der Waals surface area contributed by atoms with Gasteiger partial charge in [-0.25, -0.2) is 0 Å². The molecule has 79 valence electrons. The third kappa shape index (κ3) is 22.6. The van der Waals surface area contributed by atoms with Gasteiger partial charge in [-0.05, 0) is 0 Å². The molecule has 0 bridgehead atoms. The first-order valence-electron chi connectivity index (χ1n) is 1.77. The third-order valence-electron chi connectivity index (χ3n) is 0.514. The molecule has 9 heteroatoms. The van der Waals surface area contributed by atoms with Crippen LogP contribution in [-0.2, 0) is 23.4 Å². The molecule has 0 aliphatic heterocycles. The Morgan fingerprint density at radius 3 is 1.58 bits per heavy atom. The number of carbonyl (C=O) groups is 1. The normalized spacial score (nSPS) is 7.83. The van der Waals surface area contributed by atoms with Crippen LogP contribution in [0.5, 0.6) is 0 Å². The van der Waals surface area contributed by atoms with E-state index in [2.05, 4.69) is 0 Å². The Balaban J connectivity index is -0.0000000180. The van der Waals surface area contributed by atoms with Gasteiger partial charge in [-0.1, -0.05) is 0 Å². The Bertz CT molecular complexity index is 81.1. The first kappa shape index (κ1) is 40.9. The van der Waals surface area contributed by atoms with E-state index in [4.69, 9.17) is 15.9 Å². The van der Waals surface area contributed by atoms with Gasteiger partial charge in [0.15, 0.2) is 0 Å². The van der Waals surface area contributed by atoms with E-state index in [9.17, 15) is 4.79 Å². The average Bonchev–Trinajstić information content (AvgIpc) is 1.65. The molecule has 1 unspecified atom stereocenters. The van der Waals surface area contributed by atoms with Crippen LogP contribution < -0.4 is 5.73 Å². The number of carboxylic acid groups (broad SMARTS) is 1. The summed E-state index contributed by atoms with van der Waals surface area (Å²) in [7, 11) is 0. The monoisotopic (exact) mass is 225 g/mol. The van der Waals surface area contributed by atoms with E-state index < -0.39 is 18.6 Å². The summed E-state index contributed by atoms with van der Waals surface area (Å²) >= 11 is 0.